The van der Waals surface area contributed by atoms with Gasteiger partial charge in [0.1, 0.15) is 0 Å². The second-order valence-electron chi connectivity index (χ2n) is 6.18. The van der Waals surface area contributed by atoms with E-state index in [1.54, 1.807) is 29.8 Å². The quantitative estimate of drug-likeness (QED) is 0.760. The Balaban J connectivity index is 1.40. The number of fused-ring (bicyclic) bond motifs is 1. The first kappa shape index (κ1) is 16.3. The monoisotopic (exact) mass is 371 g/mol. The minimum absolute atomic E-state index is 0.0926. The first-order valence-corrected chi connectivity index (χ1v) is 9.87. The maximum Gasteiger partial charge on any atom is 0.232 e. The maximum atomic E-state index is 12.3. The molecule has 3 heterocycles. The van der Waals surface area contributed by atoms with Gasteiger partial charge in [-0.2, -0.15) is 0 Å². The van der Waals surface area contributed by atoms with Crippen molar-refractivity contribution in [3.63, 3.8) is 0 Å². The largest absolute Gasteiger partial charge is 0.302 e. The zero-order chi connectivity index (χ0) is 17.2. The molecule has 0 fully saturated rings. The number of nitrogens with one attached hydrogen (secondary N) is 1. The molecule has 1 aliphatic carbocycles. The molecular formula is C17H17N5OS2. The number of amides is 1. The van der Waals surface area contributed by atoms with E-state index in [0.717, 1.165) is 29.2 Å². The van der Waals surface area contributed by atoms with Crippen LogP contribution in [-0.4, -0.2) is 25.8 Å². The summed E-state index contributed by atoms with van der Waals surface area (Å²) in [6.07, 6.45) is 6.84. The van der Waals surface area contributed by atoms with Gasteiger partial charge in [-0.25, -0.2) is 19.9 Å². The van der Waals surface area contributed by atoms with Crippen LogP contribution in [-0.2, 0) is 24.1 Å². The van der Waals surface area contributed by atoms with Crippen LogP contribution in [0.4, 0.5) is 5.13 Å². The van der Waals surface area contributed by atoms with Crippen molar-refractivity contribution in [1.29, 1.82) is 0 Å². The van der Waals surface area contributed by atoms with E-state index >= 15 is 0 Å². The van der Waals surface area contributed by atoms with E-state index in [9.17, 15) is 4.79 Å². The molecule has 8 heteroatoms. The van der Waals surface area contributed by atoms with Gasteiger partial charge in [-0.15, -0.1) is 22.7 Å². The van der Waals surface area contributed by atoms with Crippen molar-refractivity contribution in [2.45, 2.75) is 32.6 Å². The summed E-state index contributed by atoms with van der Waals surface area (Å²) in [4.78, 5) is 31.0. The van der Waals surface area contributed by atoms with Gasteiger partial charge in [0.05, 0.1) is 17.8 Å². The minimum Gasteiger partial charge on any atom is -0.302 e. The van der Waals surface area contributed by atoms with Gasteiger partial charge in [0, 0.05) is 22.7 Å². The van der Waals surface area contributed by atoms with Crippen LogP contribution >= 0.6 is 22.7 Å². The highest BCUT2D eigenvalue weighted by molar-refractivity contribution is 7.16. The van der Waals surface area contributed by atoms with Crippen molar-refractivity contribution in [2.24, 2.45) is 5.92 Å². The standard InChI is InChI=1S/C17H17N5OS2/c1-10-3-4-12-13(7-10)25-17(21-12)22-14(23)8-11-9-24-16(20-11)15-18-5-2-6-19-15/h2,5-6,9-10H,3-4,7-8H2,1H3,(H,21,22,23)/t10-/m0/s1. The molecule has 0 bridgehead atoms. The molecule has 0 unspecified atom stereocenters. The highest BCUT2D eigenvalue weighted by Gasteiger charge is 2.20. The molecule has 1 aliphatic rings. The summed E-state index contributed by atoms with van der Waals surface area (Å²) in [6, 6.07) is 1.76. The third-order valence-corrected chi connectivity index (χ3v) is 6.01. The summed E-state index contributed by atoms with van der Waals surface area (Å²) in [7, 11) is 0. The number of rotatable bonds is 4. The lowest BCUT2D eigenvalue weighted by Gasteiger charge is -2.15. The van der Waals surface area contributed by atoms with Crippen molar-refractivity contribution in [3.05, 3.63) is 40.1 Å². The average molecular weight is 371 g/mol. The summed E-state index contributed by atoms with van der Waals surface area (Å²) >= 11 is 3.04. The Hall–Kier alpha value is -2.19. The third kappa shape index (κ3) is 3.74. The SMILES string of the molecule is C[C@H]1CCc2nc(NC(=O)Cc3csc(-c4ncccn4)n3)sc2C1. The second-order valence-corrected chi connectivity index (χ2v) is 8.12. The van der Waals surface area contributed by atoms with E-state index < -0.39 is 0 Å². The van der Waals surface area contributed by atoms with E-state index in [-0.39, 0.29) is 12.3 Å². The van der Waals surface area contributed by atoms with Crippen molar-refractivity contribution in [3.8, 4) is 10.8 Å². The number of aromatic nitrogens is 4. The molecule has 0 saturated heterocycles. The molecule has 1 atom stereocenters. The van der Waals surface area contributed by atoms with Crippen LogP contribution in [0.15, 0.2) is 23.8 Å². The van der Waals surface area contributed by atoms with Crippen molar-refractivity contribution >= 4 is 33.7 Å². The first-order chi connectivity index (χ1) is 12.2. The van der Waals surface area contributed by atoms with Crippen molar-refractivity contribution in [2.75, 3.05) is 5.32 Å². The smallest absolute Gasteiger partial charge is 0.232 e. The van der Waals surface area contributed by atoms with Crippen LogP contribution in [0.25, 0.3) is 10.8 Å². The number of carbonyl (C=O) groups is 1. The van der Waals surface area contributed by atoms with Gasteiger partial charge in [0.15, 0.2) is 16.0 Å². The molecule has 1 amide bonds. The molecular weight excluding hydrogens is 354 g/mol. The Morgan fingerprint density at radius 2 is 2.16 bits per heavy atom. The van der Waals surface area contributed by atoms with Gasteiger partial charge < -0.3 is 5.32 Å². The van der Waals surface area contributed by atoms with Gasteiger partial charge in [-0.05, 0) is 31.2 Å². The number of hydrogen-bond acceptors (Lipinski definition) is 7. The van der Waals surface area contributed by atoms with Crippen LogP contribution < -0.4 is 5.32 Å². The van der Waals surface area contributed by atoms with E-state index in [4.69, 9.17) is 0 Å². The predicted molar refractivity (Wildman–Crippen MR) is 98.8 cm³/mol. The van der Waals surface area contributed by atoms with Crippen molar-refractivity contribution < 1.29 is 4.79 Å². The zero-order valence-electron chi connectivity index (χ0n) is 13.7. The average Bonchev–Trinajstić information content (AvgIpc) is 3.21. The lowest BCUT2D eigenvalue weighted by atomic mass is 9.93. The van der Waals surface area contributed by atoms with Gasteiger partial charge in [0.25, 0.3) is 0 Å². The van der Waals surface area contributed by atoms with Crippen LogP contribution in [0.1, 0.15) is 29.6 Å². The van der Waals surface area contributed by atoms with Crippen LogP contribution in [0.3, 0.4) is 0 Å². The van der Waals surface area contributed by atoms with Crippen LogP contribution in [0.5, 0.6) is 0 Å². The highest BCUT2D eigenvalue weighted by Crippen LogP contribution is 2.32. The molecule has 0 aliphatic heterocycles. The summed E-state index contributed by atoms with van der Waals surface area (Å²) in [5.41, 5.74) is 1.87. The van der Waals surface area contributed by atoms with Gasteiger partial charge in [-0.1, -0.05) is 6.92 Å². The van der Waals surface area contributed by atoms with Crippen LogP contribution in [0.2, 0.25) is 0 Å². The summed E-state index contributed by atoms with van der Waals surface area (Å²) in [5.74, 6) is 1.19. The third-order valence-electron chi connectivity index (χ3n) is 4.08. The Kier molecular flexibility index (Phi) is 4.54. The number of anilines is 1. The second kappa shape index (κ2) is 6.97. The number of hydrogen-bond donors (Lipinski definition) is 1. The molecule has 4 rings (SSSR count). The number of nitrogens with zero attached hydrogens (tertiary/aromatic N) is 4. The van der Waals surface area contributed by atoms with E-state index in [1.807, 2.05) is 5.38 Å². The Morgan fingerprint density at radius 1 is 1.32 bits per heavy atom. The molecule has 25 heavy (non-hydrogen) atoms. The van der Waals surface area contributed by atoms with E-state index in [1.165, 1.54) is 22.6 Å². The predicted octanol–water partition coefficient (Wildman–Crippen LogP) is 3.36. The summed E-state index contributed by atoms with van der Waals surface area (Å²) < 4.78 is 0. The van der Waals surface area contributed by atoms with Crippen LogP contribution in [0, 0.1) is 5.92 Å². The Bertz CT molecular complexity index is 890. The van der Waals surface area contributed by atoms with Gasteiger partial charge in [-0.3, -0.25) is 4.79 Å². The minimum atomic E-state index is -0.0926. The topological polar surface area (TPSA) is 80.7 Å². The van der Waals surface area contributed by atoms with Crippen molar-refractivity contribution in [1.82, 2.24) is 19.9 Å². The molecule has 6 nitrogen and oxygen atoms in total. The Morgan fingerprint density at radius 3 is 3.00 bits per heavy atom. The molecule has 1 N–H and O–H groups in total. The zero-order valence-corrected chi connectivity index (χ0v) is 15.4. The van der Waals surface area contributed by atoms with E-state index in [2.05, 4.69) is 32.2 Å². The fourth-order valence-electron chi connectivity index (χ4n) is 2.82. The fourth-order valence-corrected chi connectivity index (χ4v) is 4.77. The molecule has 0 spiro atoms. The Labute approximate surface area is 153 Å². The molecule has 128 valence electrons. The maximum absolute atomic E-state index is 12.3. The fraction of sp³-hybridized carbons (Fsp3) is 0.353. The summed E-state index contributed by atoms with van der Waals surface area (Å²) in [5, 5.41) is 6.21. The van der Waals surface area contributed by atoms with Gasteiger partial charge >= 0.3 is 0 Å². The lowest BCUT2D eigenvalue weighted by molar-refractivity contribution is -0.115. The van der Waals surface area contributed by atoms with Gasteiger partial charge in [0.2, 0.25) is 5.91 Å². The lowest BCUT2D eigenvalue weighted by Crippen LogP contribution is -2.14. The summed E-state index contributed by atoms with van der Waals surface area (Å²) in [6.45, 7) is 2.26. The molecule has 0 radical (unpaired) electrons. The first-order valence-electron chi connectivity index (χ1n) is 8.17. The number of carbonyl (C=O) groups excluding carboxylic acids is 1. The number of aryl methyl sites for hydroxylation is 1. The highest BCUT2D eigenvalue weighted by atomic mass is 32.1. The molecule has 0 aromatic carbocycles. The molecule has 3 aromatic heterocycles. The van der Waals surface area contributed by atoms with E-state index in [0.29, 0.717) is 16.9 Å². The normalized spacial score (nSPS) is 16.4. The molecule has 0 saturated carbocycles. The molecule has 3 aromatic rings. The number of thiazole rings is 2.